The lowest BCUT2D eigenvalue weighted by atomic mass is 10.2. The highest BCUT2D eigenvalue weighted by Gasteiger charge is 2.30. The smallest absolute Gasteiger partial charge is 0.286 e. The van der Waals surface area contributed by atoms with Crippen molar-refractivity contribution in [3.63, 3.8) is 0 Å². The maximum atomic E-state index is 11.5. The minimum absolute atomic E-state index is 0.0476. The van der Waals surface area contributed by atoms with Gasteiger partial charge in [-0.15, -0.1) is 0 Å². The zero-order valence-electron chi connectivity index (χ0n) is 8.19. The highest BCUT2D eigenvalue weighted by molar-refractivity contribution is 7.91. The van der Waals surface area contributed by atoms with E-state index in [9.17, 15) is 13.2 Å². The first-order chi connectivity index (χ1) is 7.07. The first kappa shape index (κ1) is 10.4. The Morgan fingerprint density at radius 3 is 2.87 bits per heavy atom. The fraction of sp³-hybridized carbons (Fsp3) is 0.750. The van der Waals surface area contributed by atoms with Crippen LogP contribution in [0.25, 0.3) is 0 Å². The van der Waals surface area contributed by atoms with Crippen molar-refractivity contribution in [2.24, 2.45) is 4.99 Å². The number of rotatable bonds is 2. The van der Waals surface area contributed by atoms with Crippen LogP contribution in [0.1, 0.15) is 6.42 Å². The van der Waals surface area contributed by atoms with Crippen LogP contribution in [-0.2, 0) is 14.6 Å². The molecule has 1 atom stereocenters. The van der Waals surface area contributed by atoms with Crippen molar-refractivity contribution in [1.82, 2.24) is 10.6 Å². The van der Waals surface area contributed by atoms with E-state index in [4.69, 9.17) is 0 Å². The molecule has 2 N–H and O–H groups in total. The van der Waals surface area contributed by atoms with Gasteiger partial charge in [-0.1, -0.05) is 0 Å². The van der Waals surface area contributed by atoms with Gasteiger partial charge < -0.3 is 10.6 Å². The molecule has 1 amide bonds. The second kappa shape index (κ2) is 3.80. The van der Waals surface area contributed by atoms with E-state index in [0.29, 0.717) is 25.3 Å². The molecule has 0 aromatic carbocycles. The molecular weight excluding hydrogens is 218 g/mol. The number of carbonyl (C=O) groups excluding carboxylic acids is 1. The first-order valence-corrected chi connectivity index (χ1v) is 6.68. The fourth-order valence-electron chi connectivity index (χ4n) is 1.71. The average Bonchev–Trinajstić information content (AvgIpc) is 2.74. The van der Waals surface area contributed by atoms with Gasteiger partial charge in [0.05, 0.1) is 18.1 Å². The number of hydrogen-bond donors (Lipinski definition) is 2. The minimum Gasteiger partial charge on any atom is -0.364 e. The molecule has 0 bridgehead atoms. The van der Waals surface area contributed by atoms with Crippen molar-refractivity contribution >= 4 is 21.6 Å². The zero-order chi connectivity index (χ0) is 10.9. The molecular formula is C8H13N3O3S. The Balaban J connectivity index is 1.90. The van der Waals surface area contributed by atoms with Crippen LogP contribution in [0.15, 0.2) is 4.99 Å². The molecule has 1 unspecified atom stereocenters. The van der Waals surface area contributed by atoms with Crippen LogP contribution < -0.4 is 10.6 Å². The first-order valence-electron chi connectivity index (χ1n) is 4.86. The van der Waals surface area contributed by atoms with Crippen molar-refractivity contribution in [3.05, 3.63) is 0 Å². The Morgan fingerprint density at radius 1 is 1.53 bits per heavy atom. The second-order valence-electron chi connectivity index (χ2n) is 3.73. The van der Waals surface area contributed by atoms with Gasteiger partial charge >= 0.3 is 0 Å². The molecule has 7 heteroatoms. The summed E-state index contributed by atoms with van der Waals surface area (Å²) in [6, 6.07) is -0.257. The maximum absolute atomic E-state index is 11.5. The average molecular weight is 231 g/mol. The van der Waals surface area contributed by atoms with E-state index >= 15 is 0 Å². The van der Waals surface area contributed by atoms with Crippen LogP contribution in [0.2, 0.25) is 0 Å². The Morgan fingerprint density at radius 2 is 2.33 bits per heavy atom. The van der Waals surface area contributed by atoms with Gasteiger partial charge in [0.2, 0.25) is 0 Å². The molecule has 0 spiro atoms. The fourth-order valence-corrected chi connectivity index (χ4v) is 3.39. The molecule has 2 rings (SSSR count). The largest absolute Gasteiger partial charge is 0.364 e. The molecule has 15 heavy (non-hydrogen) atoms. The van der Waals surface area contributed by atoms with Crippen LogP contribution >= 0.6 is 0 Å². The summed E-state index contributed by atoms with van der Waals surface area (Å²) >= 11 is 0. The minimum atomic E-state index is -2.94. The quantitative estimate of drug-likeness (QED) is 0.592. The summed E-state index contributed by atoms with van der Waals surface area (Å²) in [4.78, 5) is 15.5. The van der Waals surface area contributed by atoms with E-state index < -0.39 is 9.84 Å². The lowest BCUT2D eigenvalue weighted by Gasteiger charge is -2.10. The van der Waals surface area contributed by atoms with E-state index in [1.807, 2.05) is 0 Å². The summed E-state index contributed by atoms with van der Waals surface area (Å²) < 4.78 is 22.3. The number of aliphatic imine (C=N–C) groups is 1. The molecule has 0 aliphatic carbocycles. The SMILES string of the molecule is O=C(NC1CCS(=O)(=O)C1)C1=NCCN1. The van der Waals surface area contributed by atoms with E-state index in [1.54, 1.807) is 0 Å². The Bertz CT molecular complexity index is 401. The molecule has 2 heterocycles. The van der Waals surface area contributed by atoms with Gasteiger partial charge in [-0.25, -0.2) is 8.42 Å². The van der Waals surface area contributed by atoms with Gasteiger partial charge in [-0.2, -0.15) is 0 Å². The number of amides is 1. The number of carbonyl (C=O) groups is 1. The van der Waals surface area contributed by atoms with Crippen LogP contribution in [0.4, 0.5) is 0 Å². The van der Waals surface area contributed by atoms with Crippen molar-refractivity contribution in [2.75, 3.05) is 24.6 Å². The van der Waals surface area contributed by atoms with Gasteiger partial charge in [-0.3, -0.25) is 9.79 Å². The molecule has 2 aliphatic rings. The normalized spacial score (nSPS) is 28.3. The molecule has 0 aromatic rings. The number of nitrogens with zero attached hydrogens (tertiary/aromatic N) is 1. The summed E-state index contributed by atoms with van der Waals surface area (Å²) in [5.41, 5.74) is 0. The topological polar surface area (TPSA) is 87.6 Å². The number of sulfone groups is 1. The van der Waals surface area contributed by atoms with Crippen LogP contribution in [0.3, 0.4) is 0 Å². The molecule has 0 saturated carbocycles. The summed E-state index contributed by atoms with van der Waals surface area (Å²) in [5.74, 6) is 0.234. The Hall–Kier alpha value is -1.11. The highest BCUT2D eigenvalue weighted by atomic mass is 32.2. The summed E-state index contributed by atoms with van der Waals surface area (Å²) in [6.45, 7) is 1.28. The molecule has 0 aromatic heterocycles. The van der Waals surface area contributed by atoms with E-state index in [-0.39, 0.29) is 23.5 Å². The molecule has 6 nitrogen and oxygen atoms in total. The number of amidine groups is 1. The monoisotopic (exact) mass is 231 g/mol. The third kappa shape index (κ3) is 2.47. The molecule has 84 valence electrons. The van der Waals surface area contributed by atoms with Gasteiger partial charge in [0.1, 0.15) is 0 Å². The van der Waals surface area contributed by atoms with Crippen molar-refractivity contribution in [3.8, 4) is 0 Å². The standard InChI is InChI=1S/C8H13N3O3S/c12-8(7-9-2-3-10-7)11-6-1-4-15(13,14)5-6/h6H,1-5H2,(H,9,10)(H,11,12). The third-order valence-corrected chi connectivity index (χ3v) is 4.22. The van der Waals surface area contributed by atoms with Crippen LogP contribution in [0, 0.1) is 0 Å². The highest BCUT2D eigenvalue weighted by Crippen LogP contribution is 2.11. The van der Waals surface area contributed by atoms with Crippen molar-refractivity contribution in [1.29, 1.82) is 0 Å². The second-order valence-corrected chi connectivity index (χ2v) is 5.96. The predicted octanol–water partition coefficient (Wildman–Crippen LogP) is -1.71. The van der Waals surface area contributed by atoms with Gasteiger partial charge in [0.25, 0.3) is 5.91 Å². The van der Waals surface area contributed by atoms with E-state index in [0.717, 1.165) is 0 Å². The van der Waals surface area contributed by atoms with E-state index in [2.05, 4.69) is 15.6 Å². The Labute approximate surface area is 88.1 Å². The predicted molar refractivity (Wildman–Crippen MR) is 55.5 cm³/mol. The van der Waals surface area contributed by atoms with Gasteiger partial charge in [0, 0.05) is 12.6 Å². The summed E-state index contributed by atoms with van der Waals surface area (Å²) in [6.07, 6.45) is 0.501. The zero-order valence-corrected chi connectivity index (χ0v) is 9.01. The molecule has 0 radical (unpaired) electrons. The van der Waals surface area contributed by atoms with E-state index in [1.165, 1.54) is 0 Å². The lowest BCUT2D eigenvalue weighted by Crippen LogP contribution is -2.43. The van der Waals surface area contributed by atoms with Crippen LogP contribution in [-0.4, -0.2) is 50.8 Å². The van der Waals surface area contributed by atoms with Gasteiger partial charge in [-0.05, 0) is 6.42 Å². The number of hydrogen-bond acceptors (Lipinski definition) is 5. The third-order valence-electron chi connectivity index (χ3n) is 2.46. The summed E-state index contributed by atoms with van der Waals surface area (Å²) in [7, 11) is -2.94. The van der Waals surface area contributed by atoms with Gasteiger partial charge in [0.15, 0.2) is 15.7 Å². The summed E-state index contributed by atoms with van der Waals surface area (Å²) in [5, 5.41) is 5.50. The maximum Gasteiger partial charge on any atom is 0.286 e. The van der Waals surface area contributed by atoms with Crippen molar-refractivity contribution in [2.45, 2.75) is 12.5 Å². The number of nitrogens with one attached hydrogen (secondary N) is 2. The van der Waals surface area contributed by atoms with Crippen LogP contribution in [0.5, 0.6) is 0 Å². The molecule has 1 saturated heterocycles. The Kier molecular flexibility index (Phi) is 2.64. The van der Waals surface area contributed by atoms with Crippen molar-refractivity contribution < 1.29 is 13.2 Å². The molecule has 2 aliphatic heterocycles. The molecule has 1 fully saturated rings. The lowest BCUT2D eigenvalue weighted by molar-refractivity contribution is -0.115.